The van der Waals surface area contributed by atoms with E-state index in [4.69, 9.17) is 16.3 Å². The molecule has 0 saturated carbocycles. The van der Waals surface area contributed by atoms with Crippen LogP contribution in [0.2, 0.25) is 5.02 Å². The highest BCUT2D eigenvalue weighted by Crippen LogP contribution is 2.34. The molecule has 0 saturated heterocycles. The summed E-state index contributed by atoms with van der Waals surface area (Å²) in [6.07, 6.45) is 1.04. The van der Waals surface area contributed by atoms with Crippen molar-refractivity contribution in [3.63, 3.8) is 0 Å². The fourth-order valence-electron chi connectivity index (χ4n) is 2.07. The van der Waals surface area contributed by atoms with E-state index in [1.165, 1.54) is 5.56 Å². The van der Waals surface area contributed by atoms with Crippen LogP contribution in [0.1, 0.15) is 37.3 Å². The van der Waals surface area contributed by atoms with Crippen molar-refractivity contribution in [2.24, 2.45) is 0 Å². The summed E-state index contributed by atoms with van der Waals surface area (Å²) in [5.41, 5.74) is 1.90. The Balaban J connectivity index is 2.37. The van der Waals surface area contributed by atoms with Crippen molar-refractivity contribution in [1.29, 1.82) is 0 Å². The predicted octanol–water partition coefficient (Wildman–Crippen LogP) is 5.14. The minimum Gasteiger partial charge on any atom is -0.457 e. The van der Waals surface area contributed by atoms with E-state index in [-0.39, 0.29) is 6.61 Å². The van der Waals surface area contributed by atoms with Crippen molar-refractivity contribution in [2.75, 3.05) is 0 Å². The molecular weight excluding hydrogens is 272 g/mol. The largest absolute Gasteiger partial charge is 0.457 e. The molecule has 1 atom stereocenters. The molecule has 0 aliphatic rings. The number of halogens is 1. The van der Waals surface area contributed by atoms with Crippen LogP contribution >= 0.6 is 11.6 Å². The maximum absolute atomic E-state index is 9.39. The molecular formula is C17H19ClO2. The zero-order chi connectivity index (χ0) is 14.5. The normalized spacial score (nSPS) is 12.2. The van der Waals surface area contributed by atoms with Gasteiger partial charge in [0.15, 0.2) is 0 Å². The Morgan fingerprint density at radius 3 is 2.60 bits per heavy atom. The Bertz CT molecular complexity index is 581. The first-order valence-corrected chi connectivity index (χ1v) is 7.19. The van der Waals surface area contributed by atoms with E-state index < -0.39 is 0 Å². The Morgan fingerprint density at radius 2 is 1.90 bits per heavy atom. The maximum atomic E-state index is 9.39. The highest BCUT2D eigenvalue weighted by atomic mass is 35.5. The van der Waals surface area contributed by atoms with E-state index in [2.05, 4.69) is 19.9 Å². The summed E-state index contributed by atoms with van der Waals surface area (Å²) < 4.78 is 5.99. The van der Waals surface area contributed by atoms with E-state index in [0.717, 1.165) is 17.7 Å². The zero-order valence-electron chi connectivity index (χ0n) is 11.8. The molecule has 2 aromatic rings. The minimum absolute atomic E-state index is 0.0714. The number of hydrogen-bond donors (Lipinski definition) is 1. The molecule has 0 aromatic heterocycles. The average molecular weight is 291 g/mol. The lowest BCUT2D eigenvalue weighted by molar-refractivity contribution is 0.276. The Kier molecular flexibility index (Phi) is 5.05. The van der Waals surface area contributed by atoms with Crippen LogP contribution in [0.15, 0.2) is 42.5 Å². The summed E-state index contributed by atoms with van der Waals surface area (Å²) in [4.78, 5) is 0. The van der Waals surface area contributed by atoms with E-state index in [1.54, 1.807) is 18.2 Å². The van der Waals surface area contributed by atoms with Crippen LogP contribution in [0.25, 0.3) is 0 Å². The molecule has 0 spiro atoms. The molecule has 0 heterocycles. The van der Waals surface area contributed by atoms with Gasteiger partial charge in [-0.2, -0.15) is 0 Å². The van der Waals surface area contributed by atoms with E-state index in [1.807, 2.05) is 18.2 Å². The Labute approximate surface area is 125 Å². The van der Waals surface area contributed by atoms with Gasteiger partial charge in [0.05, 0.1) is 6.61 Å². The summed E-state index contributed by atoms with van der Waals surface area (Å²) in [6.45, 7) is 4.26. The average Bonchev–Trinajstić information content (AvgIpc) is 2.47. The molecule has 20 heavy (non-hydrogen) atoms. The van der Waals surface area contributed by atoms with Gasteiger partial charge >= 0.3 is 0 Å². The molecule has 0 bridgehead atoms. The topological polar surface area (TPSA) is 29.5 Å². The van der Waals surface area contributed by atoms with Gasteiger partial charge in [0.2, 0.25) is 0 Å². The number of rotatable bonds is 5. The Morgan fingerprint density at radius 1 is 1.15 bits per heavy atom. The van der Waals surface area contributed by atoms with Crippen LogP contribution in [-0.4, -0.2) is 5.11 Å². The van der Waals surface area contributed by atoms with Crippen LogP contribution in [0.5, 0.6) is 11.5 Å². The standard InChI is InChI=1S/C17H19ClO2/c1-3-12(2)15-6-4-5-7-16(15)20-17-10-14(18)9-8-13(17)11-19/h4-10,12,19H,3,11H2,1-2H3. The molecule has 2 rings (SSSR count). The summed E-state index contributed by atoms with van der Waals surface area (Å²) in [5, 5.41) is 9.98. The van der Waals surface area contributed by atoms with E-state index in [9.17, 15) is 5.11 Å². The van der Waals surface area contributed by atoms with Crippen molar-refractivity contribution < 1.29 is 9.84 Å². The third kappa shape index (κ3) is 3.33. The van der Waals surface area contributed by atoms with Gasteiger partial charge in [-0.05, 0) is 36.1 Å². The van der Waals surface area contributed by atoms with Gasteiger partial charge in [0, 0.05) is 10.6 Å². The first-order chi connectivity index (χ1) is 9.65. The minimum atomic E-state index is -0.0714. The van der Waals surface area contributed by atoms with Gasteiger partial charge in [-0.25, -0.2) is 0 Å². The van der Waals surface area contributed by atoms with Crippen molar-refractivity contribution in [3.8, 4) is 11.5 Å². The second-order valence-corrected chi connectivity index (χ2v) is 5.30. The quantitative estimate of drug-likeness (QED) is 0.826. The monoisotopic (exact) mass is 290 g/mol. The molecule has 3 heteroatoms. The molecule has 2 nitrogen and oxygen atoms in total. The highest BCUT2D eigenvalue weighted by Gasteiger charge is 2.12. The van der Waals surface area contributed by atoms with Gasteiger partial charge in [0.25, 0.3) is 0 Å². The molecule has 1 N–H and O–H groups in total. The first-order valence-electron chi connectivity index (χ1n) is 6.81. The lowest BCUT2D eigenvalue weighted by Crippen LogP contribution is -1.98. The molecule has 106 valence electrons. The van der Waals surface area contributed by atoms with Gasteiger partial charge in [-0.15, -0.1) is 0 Å². The summed E-state index contributed by atoms with van der Waals surface area (Å²) >= 11 is 6.01. The highest BCUT2D eigenvalue weighted by molar-refractivity contribution is 6.30. The SMILES string of the molecule is CCC(C)c1ccccc1Oc1cc(Cl)ccc1CO. The second-order valence-electron chi connectivity index (χ2n) is 4.86. The van der Waals surface area contributed by atoms with E-state index in [0.29, 0.717) is 16.7 Å². The third-order valence-electron chi connectivity index (χ3n) is 3.48. The first kappa shape index (κ1) is 14.9. The lowest BCUT2D eigenvalue weighted by atomic mass is 9.98. The summed E-state index contributed by atoms with van der Waals surface area (Å²) in [5.74, 6) is 1.84. The smallest absolute Gasteiger partial charge is 0.134 e. The molecule has 0 fully saturated rings. The molecule has 2 aromatic carbocycles. The van der Waals surface area contributed by atoms with Crippen LogP contribution in [0, 0.1) is 0 Å². The number of benzene rings is 2. The number of aliphatic hydroxyl groups excluding tert-OH is 1. The number of ether oxygens (including phenoxy) is 1. The number of hydrogen-bond acceptors (Lipinski definition) is 2. The maximum Gasteiger partial charge on any atom is 0.134 e. The van der Waals surface area contributed by atoms with Crippen LogP contribution < -0.4 is 4.74 Å². The predicted molar refractivity (Wildman–Crippen MR) is 82.6 cm³/mol. The van der Waals surface area contributed by atoms with Crippen LogP contribution in [0.4, 0.5) is 0 Å². The molecule has 0 aliphatic heterocycles. The molecule has 0 amide bonds. The van der Waals surface area contributed by atoms with Gasteiger partial charge in [-0.1, -0.05) is 49.7 Å². The van der Waals surface area contributed by atoms with Crippen LogP contribution in [-0.2, 0) is 6.61 Å². The van der Waals surface area contributed by atoms with Gasteiger partial charge in [0.1, 0.15) is 11.5 Å². The second kappa shape index (κ2) is 6.78. The van der Waals surface area contributed by atoms with Crippen molar-refractivity contribution in [2.45, 2.75) is 32.8 Å². The lowest BCUT2D eigenvalue weighted by Gasteiger charge is -2.17. The fraction of sp³-hybridized carbons (Fsp3) is 0.294. The van der Waals surface area contributed by atoms with Gasteiger partial charge in [-0.3, -0.25) is 0 Å². The van der Waals surface area contributed by atoms with Crippen molar-refractivity contribution in [3.05, 3.63) is 58.6 Å². The van der Waals surface area contributed by atoms with Crippen molar-refractivity contribution in [1.82, 2.24) is 0 Å². The van der Waals surface area contributed by atoms with E-state index >= 15 is 0 Å². The summed E-state index contributed by atoms with van der Waals surface area (Å²) in [7, 11) is 0. The number of aliphatic hydroxyl groups is 1. The van der Waals surface area contributed by atoms with Crippen LogP contribution in [0.3, 0.4) is 0 Å². The molecule has 0 radical (unpaired) electrons. The molecule has 1 unspecified atom stereocenters. The Hall–Kier alpha value is -1.51. The van der Waals surface area contributed by atoms with Gasteiger partial charge < -0.3 is 9.84 Å². The molecule has 0 aliphatic carbocycles. The summed E-state index contributed by atoms with van der Waals surface area (Å²) in [6, 6.07) is 13.3. The van der Waals surface area contributed by atoms with Crippen molar-refractivity contribution >= 4 is 11.6 Å². The zero-order valence-corrected chi connectivity index (χ0v) is 12.5. The number of para-hydroxylation sites is 1. The fourth-order valence-corrected chi connectivity index (χ4v) is 2.24. The third-order valence-corrected chi connectivity index (χ3v) is 3.72.